The molecule has 138 valence electrons. The van der Waals surface area contributed by atoms with E-state index in [9.17, 15) is 0 Å². The maximum Gasteiger partial charge on any atom is 0.148 e. The van der Waals surface area contributed by atoms with Gasteiger partial charge in [0.15, 0.2) is 0 Å². The van der Waals surface area contributed by atoms with Crippen LogP contribution in [0, 0.1) is 0 Å². The van der Waals surface area contributed by atoms with Gasteiger partial charge in [0.05, 0.1) is 28.8 Å². The van der Waals surface area contributed by atoms with E-state index in [0.717, 1.165) is 38.9 Å². The van der Waals surface area contributed by atoms with Crippen LogP contribution in [0.25, 0.3) is 0 Å². The lowest BCUT2D eigenvalue weighted by molar-refractivity contribution is 0.0938. The van der Waals surface area contributed by atoms with Crippen LogP contribution in [0.1, 0.15) is 11.1 Å². The molecule has 2 rings (SSSR count). The molecule has 0 aliphatic heterocycles. The maximum atomic E-state index is 8.64. The van der Waals surface area contributed by atoms with Gasteiger partial charge >= 0.3 is 0 Å². The smallest absolute Gasteiger partial charge is 0.148 e. The Balaban J connectivity index is 0.00000312. The van der Waals surface area contributed by atoms with Gasteiger partial charge in [-0.3, -0.25) is 0 Å². The van der Waals surface area contributed by atoms with Crippen molar-refractivity contribution in [3.8, 4) is 5.75 Å². The first-order chi connectivity index (χ1) is 11.7. The molecule has 0 saturated heterocycles. The molecule has 2 aromatic carbocycles. The highest BCUT2D eigenvalue weighted by molar-refractivity contribution is 9.11. The molecule has 0 radical (unpaired) electrons. The fraction of sp³-hybridized carbons (Fsp3) is 0.333. The van der Waals surface area contributed by atoms with Crippen molar-refractivity contribution in [3.63, 3.8) is 0 Å². The Bertz CT molecular complexity index is 606. The molecule has 7 heteroatoms. The minimum Gasteiger partial charge on any atom is -0.487 e. The van der Waals surface area contributed by atoms with E-state index in [4.69, 9.17) is 14.6 Å². The third-order valence-corrected chi connectivity index (χ3v) is 4.45. The van der Waals surface area contributed by atoms with Gasteiger partial charge in [-0.05, 0) is 55.1 Å². The highest BCUT2D eigenvalue weighted by Crippen LogP contribution is 2.35. The van der Waals surface area contributed by atoms with Gasteiger partial charge in [0, 0.05) is 13.1 Å². The number of hydrogen-bond acceptors (Lipinski definition) is 4. The molecule has 0 spiro atoms. The fourth-order valence-corrected chi connectivity index (χ4v) is 3.64. The van der Waals surface area contributed by atoms with Crippen LogP contribution in [0.15, 0.2) is 51.4 Å². The van der Waals surface area contributed by atoms with Crippen molar-refractivity contribution in [3.05, 3.63) is 62.5 Å². The van der Waals surface area contributed by atoms with Gasteiger partial charge in [0.1, 0.15) is 12.4 Å². The van der Waals surface area contributed by atoms with Crippen LogP contribution in [-0.4, -0.2) is 31.5 Å². The van der Waals surface area contributed by atoms with E-state index in [1.807, 2.05) is 42.5 Å². The molecule has 0 bridgehead atoms. The summed E-state index contributed by atoms with van der Waals surface area (Å²) in [4.78, 5) is 0. The molecule has 0 amide bonds. The fourth-order valence-electron chi connectivity index (χ4n) is 2.13. The number of hydrogen-bond donors (Lipinski definition) is 2. The van der Waals surface area contributed by atoms with Crippen LogP contribution in [0.3, 0.4) is 0 Å². The Morgan fingerprint density at radius 1 is 0.960 bits per heavy atom. The summed E-state index contributed by atoms with van der Waals surface area (Å²) in [7, 11) is 0. The van der Waals surface area contributed by atoms with Gasteiger partial charge in [-0.2, -0.15) is 0 Å². The van der Waals surface area contributed by atoms with Gasteiger partial charge in [-0.15, -0.1) is 12.4 Å². The highest BCUT2D eigenvalue weighted by Gasteiger charge is 2.09. The third-order valence-electron chi connectivity index (χ3n) is 3.27. The Morgan fingerprint density at radius 2 is 1.64 bits per heavy atom. The Labute approximate surface area is 171 Å². The molecule has 0 heterocycles. The molecule has 0 saturated carbocycles. The van der Waals surface area contributed by atoms with Crippen LogP contribution in [0.4, 0.5) is 0 Å². The third kappa shape index (κ3) is 8.07. The lowest BCUT2D eigenvalue weighted by atomic mass is 10.2. The highest BCUT2D eigenvalue weighted by atomic mass is 79.9. The monoisotopic (exact) mass is 493 g/mol. The Kier molecular flexibility index (Phi) is 11.4. The first-order valence-electron chi connectivity index (χ1n) is 7.74. The van der Waals surface area contributed by atoms with Crippen LogP contribution < -0.4 is 10.1 Å². The van der Waals surface area contributed by atoms with Gasteiger partial charge in [-0.25, -0.2) is 0 Å². The Morgan fingerprint density at radius 3 is 2.28 bits per heavy atom. The number of rotatable bonds is 10. The van der Waals surface area contributed by atoms with Crippen molar-refractivity contribution in [1.82, 2.24) is 5.32 Å². The molecule has 2 N–H and O–H groups in total. The van der Waals surface area contributed by atoms with E-state index in [1.54, 1.807) is 0 Å². The van der Waals surface area contributed by atoms with Crippen LogP contribution in [0.5, 0.6) is 5.75 Å². The number of halogens is 3. The number of aliphatic hydroxyl groups excluding tert-OH is 1. The van der Waals surface area contributed by atoms with E-state index in [-0.39, 0.29) is 19.0 Å². The van der Waals surface area contributed by atoms with Crippen molar-refractivity contribution in [2.75, 3.05) is 26.4 Å². The number of aliphatic hydroxyl groups is 1. The van der Waals surface area contributed by atoms with Crippen molar-refractivity contribution in [2.24, 2.45) is 0 Å². The van der Waals surface area contributed by atoms with E-state index in [1.165, 1.54) is 0 Å². The average molecular weight is 496 g/mol. The molecule has 0 aliphatic rings. The minimum atomic E-state index is 0. The number of nitrogens with one attached hydrogen (secondary N) is 1. The molecule has 4 nitrogen and oxygen atoms in total. The molecule has 2 aromatic rings. The molecule has 0 unspecified atom stereocenters. The zero-order valence-corrected chi connectivity index (χ0v) is 17.7. The summed E-state index contributed by atoms with van der Waals surface area (Å²) in [5, 5.41) is 11.9. The molecular formula is C18H22Br2ClNO3. The lowest BCUT2D eigenvalue weighted by Gasteiger charge is -2.13. The lowest BCUT2D eigenvalue weighted by Crippen LogP contribution is -2.20. The van der Waals surface area contributed by atoms with Crippen LogP contribution in [-0.2, 0) is 17.9 Å². The van der Waals surface area contributed by atoms with Gasteiger partial charge in [0.2, 0.25) is 0 Å². The number of ether oxygens (including phenoxy) is 2. The van der Waals surface area contributed by atoms with Crippen molar-refractivity contribution in [1.29, 1.82) is 0 Å². The predicted octanol–water partition coefficient (Wildman–Crippen LogP) is 4.31. The second kappa shape index (κ2) is 12.7. The van der Waals surface area contributed by atoms with Gasteiger partial charge in [0.25, 0.3) is 0 Å². The average Bonchev–Trinajstić information content (AvgIpc) is 2.58. The molecule has 25 heavy (non-hydrogen) atoms. The van der Waals surface area contributed by atoms with Crippen molar-refractivity contribution >= 4 is 44.3 Å². The summed E-state index contributed by atoms with van der Waals surface area (Å²) in [6, 6.07) is 14.2. The first kappa shape index (κ1) is 22.4. The number of benzene rings is 2. The summed E-state index contributed by atoms with van der Waals surface area (Å²) in [6.45, 7) is 3.02. The summed E-state index contributed by atoms with van der Waals surface area (Å²) in [5.41, 5.74) is 2.27. The summed E-state index contributed by atoms with van der Waals surface area (Å²) in [5.74, 6) is 0.800. The second-order valence-electron chi connectivity index (χ2n) is 5.18. The van der Waals surface area contributed by atoms with E-state index >= 15 is 0 Å². The van der Waals surface area contributed by atoms with Gasteiger partial charge in [-0.1, -0.05) is 30.3 Å². The van der Waals surface area contributed by atoms with Crippen LogP contribution >= 0.6 is 44.3 Å². The molecule has 0 fully saturated rings. The quantitative estimate of drug-likeness (QED) is 0.483. The van der Waals surface area contributed by atoms with E-state index < -0.39 is 0 Å². The first-order valence-corrected chi connectivity index (χ1v) is 9.33. The maximum absolute atomic E-state index is 8.64. The largest absolute Gasteiger partial charge is 0.487 e. The second-order valence-corrected chi connectivity index (χ2v) is 6.88. The minimum absolute atomic E-state index is 0. The SMILES string of the molecule is Cl.OCCOCCNCc1cc(Br)c(OCc2ccccc2)c(Br)c1. The molecule has 0 aromatic heterocycles. The van der Waals surface area contributed by atoms with Gasteiger partial charge < -0.3 is 19.9 Å². The molecular weight excluding hydrogens is 473 g/mol. The van der Waals surface area contributed by atoms with Crippen LogP contribution in [0.2, 0.25) is 0 Å². The molecule has 0 aliphatic carbocycles. The summed E-state index contributed by atoms with van der Waals surface area (Å²) in [6.07, 6.45) is 0. The zero-order valence-electron chi connectivity index (χ0n) is 13.7. The van der Waals surface area contributed by atoms with E-state index in [2.05, 4.69) is 37.2 Å². The van der Waals surface area contributed by atoms with E-state index in [0.29, 0.717) is 19.8 Å². The topological polar surface area (TPSA) is 50.7 Å². The van der Waals surface area contributed by atoms with Crippen molar-refractivity contribution in [2.45, 2.75) is 13.2 Å². The predicted molar refractivity (Wildman–Crippen MR) is 109 cm³/mol. The molecule has 0 atom stereocenters. The summed E-state index contributed by atoms with van der Waals surface area (Å²) < 4.78 is 13.0. The standard InChI is InChI=1S/C18H21Br2NO3.ClH/c19-16-10-15(12-21-6-8-23-9-7-22)11-17(20)18(16)24-13-14-4-2-1-3-5-14;/h1-5,10-11,21-22H,6-9,12-13H2;1H. The normalized spacial score (nSPS) is 10.4. The zero-order chi connectivity index (χ0) is 17.2. The van der Waals surface area contributed by atoms with Crippen molar-refractivity contribution < 1.29 is 14.6 Å². The Hall–Kier alpha value is -0.630. The summed E-state index contributed by atoms with van der Waals surface area (Å²) >= 11 is 7.16.